The summed E-state index contributed by atoms with van der Waals surface area (Å²) < 4.78 is 10.5. The third-order valence-electron chi connectivity index (χ3n) is 3.65. The van der Waals surface area contributed by atoms with Gasteiger partial charge in [0.05, 0.1) is 12.2 Å². The van der Waals surface area contributed by atoms with Crippen LogP contribution < -0.4 is 0 Å². The van der Waals surface area contributed by atoms with Crippen LogP contribution in [0.4, 0.5) is 0 Å². The van der Waals surface area contributed by atoms with E-state index in [9.17, 15) is 9.59 Å². The molecule has 1 saturated heterocycles. The highest BCUT2D eigenvalue weighted by Crippen LogP contribution is 2.13. The molecule has 1 atom stereocenters. The number of rotatable bonds is 7. The molecule has 1 unspecified atom stereocenters. The smallest absolute Gasteiger partial charge is 0.340 e. The van der Waals surface area contributed by atoms with Crippen LogP contribution in [0.2, 0.25) is 0 Å². The van der Waals surface area contributed by atoms with Gasteiger partial charge in [-0.3, -0.25) is 4.79 Å². The van der Waals surface area contributed by atoms with E-state index >= 15 is 0 Å². The minimum Gasteiger partial charge on any atom is -0.422 e. The van der Waals surface area contributed by atoms with E-state index in [2.05, 4.69) is 6.92 Å². The summed E-state index contributed by atoms with van der Waals surface area (Å²) in [5.41, 5.74) is 0.416. The molecule has 1 aliphatic rings. The second kappa shape index (κ2) is 8.54. The quantitative estimate of drug-likeness (QED) is 0.574. The number of morpholine rings is 1. The molecule has 5 nitrogen and oxygen atoms in total. The largest absolute Gasteiger partial charge is 0.422 e. The van der Waals surface area contributed by atoms with Crippen LogP contribution in [0.3, 0.4) is 0 Å². The van der Waals surface area contributed by atoms with Crippen molar-refractivity contribution < 1.29 is 19.1 Å². The van der Waals surface area contributed by atoms with Crippen LogP contribution in [0.1, 0.15) is 43.0 Å². The summed E-state index contributed by atoms with van der Waals surface area (Å²) in [4.78, 5) is 26.0. The number of ether oxygens (including phenoxy) is 2. The monoisotopic (exact) mass is 305 g/mol. The zero-order chi connectivity index (χ0) is 15.8. The minimum atomic E-state index is -1.12. The molecule has 1 amide bonds. The van der Waals surface area contributed by atoms with Crippen molar-refractivity contribution in [2.45, 2.75) is 38.9 Å². The normalized spacial score (nSPS) is 18.3. The predicted molar refractivity (Wildman–Crippen MR) is 82.3 cm³/mol. The van der Waals surface area contributed by atoms with Crippen LogP contribution in [0.5, 0.6) is 0 Å². The summed E-state index contributed by atoms with van der Waals surface area (Å²) in [6.07, 6.45) is 3.29. The van der Waals surface area contributed by atoms with Crippen molar-refractivity contribution in [3.05, 3.63) is 35.9 Å². The zero-order valence-electron chi connectivity index (χ0n) is 13.0. The van der Waals surface area contributed by atoms with Crippen molar-refractivity contribution in [2.75, 3.05) is 19.7 Å². The Balaban J connectivity index is 1.86. The van der Waals surface area contributed by atoms with Crippen molar-refractivity contribution in [1.82, 2.24) is 4.90 Å². The molecule has 2 rings (SSSR count). The molecular formula is C17H23NO4. The summed E-state index contributed by atoms with van der Waals surface area (Å²) >= 11 is 0. The standard InChI is InChI=1S/C17H23NO4/c1-2-3-4-8-11-18-12-13-21-17(15(18)19)22-16(20)14-9-6-5-7-10-14/h5-7,9-10,17H,2-4,8,11-13H2,1H3. The highest BCUT2D eigenvalue weighted by Gasteiger charge is 2.32. The van der Waals surface area contributed by atoms with Gasteiger partial charge in [0.1, 0.15) is 0 Å². The van der Waals surface area contributed by atoms with Crippen LogP contribution in [-0.2, 0) is 14.3 Å². The molecule has 1 aromatic carbocycles. The molecule has 0 spiro atoms. The van der Waals surface area contributed by atoms with Gasteiger partial charge in [0.15, 0.2) is 0 Å². The van der Waals surface area contributed by atoms with Crippen molar-refractivity contribution >= 4 is 11.9 Å². The highest BCUT2D eigenvalue weighted by atomic mass is 16.7. The van der Waals surface area contributed by atoms with Crippen LogP contribution in [0.15, 0.2) is 30.3 Å². The first kappa shape index (κ1) is 16.5. The van der Waals surface area contributed by atoms with Gasteiger partial charge in [-0.2, -0.15) is 0 Å². The predicted octanol–water partition coefficient (Wildman–Crippen LogP) is 2.61. The Morgan fingerprint density at radius 3 is 2.77 bits per heavy atom. The molecule has 0 saturated carbocycles. The van der Waals surface area contributed by atoms with E-state index in [4.69, 9.17) is 9.47 Å². The van der Waals surface area contributed by atoms with Crippen molar-refractivity contribution in [3.63, 3.8) is 0 Å². The number of carbonyl (C=O) groups is 2. The summed E-state index contributed by atoms with van der Waals surface area (Å²) in [5.74, 6) is -0.793. The SMILES string of the molecule is CCCCCCN1CCOC(OC(=O)c2ccccc2)C1=O. The third kappa shape index (κ3) is 4.56. The molecule has 22 heavy (non-hydrogen) atoms. The molecule has 0 aromatic heterocycles. The van der Waals surface area contributed by atoms with Crippen LogP contribution in [0.25, 0.3) is 0 Å². The number of nitrogens with zero attached hydrogens (tertiary/aromatic N) is 1. The molecule has 120 valence electrons. The first-order chi connectivity index (χ1) is 10.7. The highest BCUT2D eigenvalue weighted by molar-refractivity contribution is 5.92. The molecule has 1 fully saturated rings. The zero-order valence-corrected chi connectivity index (χ0v) is 13.0. The van der Waals surface area contributed by atoms with Crippen LogP contribution in [0, 0.1) is 0 Å². The van der Waals surface area contributed by atoms with Gasteiger partial charge >= 0.3 is 5.97 Å². The number of carbonyl (C=O) groups excluding carboxylic acids is 2. The van der Waals surface area contributed by atoms with Gasteiger partial charge in [-0.25, -0.2) is 4.79 Å². The number of unbranched alkanes of at least 4 members (excludes halogenated alkanes) is 3. The first-order valence-corrected chi connectivity index (χ1v) is 7.88. The maximum absolute atomic E-state index is 12.3. The van der Waals surface area contributed by atoms with Gasteiger partial charge in [-0.05, 0) is 18.6 Å². The van der Waals surface area contributed by atoms with Gasteiger partial charge in [-0.15, -0.1) is 0 Å². The molecule has 0 aliphatic carbocycles. The number of benzene rings is 1. The van der Waals surface area contributed by atoms with Gasteiger partial charge in [0.25, 0.3) is 12.2 Å². The van der Waals surface area contributed by atoms with Gasteiger partial charge in [0, 0.05) is 13.1 Å². The molecule has 0 N–H and O–H groups in total. The maximum atomic E-state index is 12.3. The second-order valence-corrected chi connectivity index (χ2v) is 5.36. The Morgan fingerprint density at radius 1 is 1.27 bits per heavy atom. The summed E-state index contributed by atoms with van der Waals surface area (Å²) in [7, 11) is 0. The molecule has 0 radical (unpaired) electrons. The fraction of sp³-hybridized carbons (Fsp3) is 0.529. The van der Waals surface area contributed by atoms with E-state index < -0.39 is 12.3 Å². The lowest BCUT2D eigenvalue weighted by Gasteiger charge is -2.31. The molecule has 1 aliphatic heterocycles. The van der Waals surface area contributed by atoms with E-state index in [1.165, 1.54) is 6.42 Å². The average Bonchev–Trinajstić information content (AvgIpc) is 2.55. The van der Waals surface area contributed by atoms with Crippen molar-refractivity contribution in [1.29, 1.82) is 0 Å². The third-order valence-corrected chi connectivity index (χ3v) is 3.65. The van der Waals surface area contributed by atoms with Crippen LogP contribution >= 0.6 is 0 Å². The van der Waals surface area contributed by atoms with E-state index in [1.807, 2.05) is 6.07 Å². The molecular weight excluding hydrogens is 282 g/mol. The topological polar surface area (TPSA) is 55.8 Å². The van der Waals surface area contributed by atoms with Gasteiger partial charge < -0.3 is 14.4 Å². The maximum Gasteiger partial charge on any atom is 0.340 e. The number of amides is 1. The fourth-order valence-corrected chi connectivity index (χ4v) is 2.38. The molecule has 1 heterocycles. The van der Waals surface area contributed by atoms with Crippen molar-refractivity contribution in [2.24, 2.45) is 0 Å². The van der Waals surface area contributed by atoms with Crippen LogP contribution in [-0.4, -0.2) is 42.8 Å². The second-order valence-electron chi connectivity index (χ2n) is 5.36. The van der Waals surface area contributed by atoms with E-state index in [-0.39, 0.29) is 5.91 Å². The Morgan fingerprint density at radius 2 is 2.05 bits per heavy atom. The van der Waals surface area contributed by atoms with Gasteiger partial charge in [0.2, 0.25) is 0 Å². The van der Waals surface area contributed by atoms with E-state index in [0.29, 0.717) is 25.3 Å². The average molecular weight is 305 g/mol. The Hall–Kier alpha value is -1.88. The van der Waals surface area contributed by atoms with Crippen molar-refractivity contribution in [3.8, 4) is 0 Å². The number of hydrogen-bond acceptors (Lipinski definition) is 4. The lowest BCUT2D eigenvalue weighted by atomic mass is 10.2. The summed E-state index contributed by atoms with van der Waals surface area (Å²) in [6.45, 7) is 3.80. The Kier molecular flexibility index (Phi) is 6.40. The van der Waals surface area contributed by atoms with Gasteiger partial charge in [-0.1, -0.05) is 44.4 Å². The minimum absolute atomic E-state index is 0.257. The molecule has 0 bridgehead atoms. The molecule has 5 heteroatoms. The summed E-state index contributed by atoms with van der Waals surface area (Å²) in [5, 5.41) is 0. The number of hydrogen-bond donors (Lipinski definition) is 0. The Labute approximate surface area is 131 Å². The van der Waals surface area contributed by atoms with E-state index in [0.717, 1.165) is 19.3 Å². The van der Waals surface area contributed by atoms with E-state index in [1.54, 1.807) is 29.2 Å². The lowest BCUT2D eigenvalue weighted by Crippen LogP contribution is -2.49. The fourth-order valence-electron chi connectivity index (χ4n) is 2.38. The Bertz CT molecular complexity index is 489. The lowest BCUT2D eigenvalue weighted by molar-refractivity contribution is -0.184. The summed E-state index contributed by atoms with van der Waals surface area (Å²) in [6, 6.07) is 8.62. The molecule has 1 aromatic rings. The number of esters is 1. The first-order valence-electron chi connectivity index (χ1n) is 7.88.